The Hall–Kier alpha value is 0.430. The van der Waals surface area contributed by atoms with E-state index in [0.29, 0.717) is 11.5 Å². The van der Waals surface area contributed by atoms with Crippen molar-refractivity contribution in [1.29, 1.82) is 0 Å². The van der Waals surface area contributed by atoms with Gasteiger partial charge in [-0.2, -0.15) is 0 Å². The molecule has 20 heavy (non-hydrogen) atoms. The maximum absolute atomic E-state index is 6.14. The molecule has 1 heterocycles. The van der Waals surface area contributed by atoms with Gasteiger partial charge in [-0.3, -0.25) is 0 Å². The topological polar surface area (TPSA) is 12.0 Å². The van der Waals surface area contributed by atoms with Gasteiger partial charge in [0, 0.05) is 15.4 Å². The van der Waals surface area contributed by atoms with Crippen molar-refractivity contribution in [2.24, 2.45) is 5.41 Å². The van der Waals surface area contributed by atoms with E-state index in [1.54, 1.807) is 11.3 Å². The third kappa shape index (κ3) is 4.72. The highest BCUT2D eigenvalue weighted by Gasteiger charge is 2.33. The number of hydrogen-bond donors (Lipinski definition) is 1. The van der Waals surface area contributed by atoms with Crippen molar-refractivity contribution in [3.8, 4) is 0 Å². The van der Waals surface area contributed by atoms with E-state index in [4.69, 9.17) is 11.6 Å². The highest BCUT2D eigenvalue weighted by Crippen LogP contribution is 2.45. The second-order valence-corrected chi connectivity index (χ2v) is 8.99. The molecule has 1 nitrogen and oxygen atoms in total. The summed E-state index contributed by atoms with van der Waals surface area (Å²) in [4.78, 5) is 1.42. The minimum absolute atomic E-state index is 0.574. The summed E-state index contributed by atoms with van der Waals surface area (Å²) in [5.74, 6) is 0. The first-order chi connectivity index (χ1) is 9.51. The molecule has 2 rings (SSSR count). The SMILES string of the molecule is CC(C)NCCC1(CCc2cc(Br)c(Cl)s2)CCCC1. The van der Waals surface area contributed by atoms with Gasteiger partial charge >= 0.3 is 0 Å². The molecule has 0 spiro atoms. The number of nitrogens with one attached hydrogen (secondary N) is 1. The van der Waals surface area contributed by atoms with Gasteiger partial charge in [-0.15, -0.1) is 11.3 Å². The molecule has 1 fully saturated rings. The number of aryl methyl sites for hydroxylation is 1. The minimum atomic E-state index is 0.574. The summed E-state index contributed by atoms with van der Waals surface area (Å²) >= 11 is 11.4. The fourth-order valence-corrected chi connectivity index (χ4v) is 5.07. The van der Waals surface area contributed by atoms with E-state index in [-0.39, 0.29) is 0 Å². The Morgan fingerprint density at radius 2 is 2.05 bits per heavy atom. The van der Waals surface area contributed by atoms with E-state index in [2.05, 4.69) is 41.2 Å². The van der Waals surface area contributed by atoms with Gasteiger partial charge in [-0.05, 0) is 66.1 Å². The zero-order valence-electron chi connectivity index (χ0n) is 12.5. The molecular formula is C16H25BrClNS. The molecule has 1 saturated carbocycles. The van der Waals surface area contributed by atoms with Crippen molar-refractivity contribution in [1.82, 2.24) is 5.32 Å². The third-order valence-corrected chi connectivity index (χ3v) is 7.00. The lowest BCUT2D eigenvalue weighted by Crippen LogP contribution is -2.29. The molecule has 0 unspecified atom stereocenters. The molecule has 0 atom stereocenters. The second kappa shape index (κ2) is 7.62. The summed E-state index contributed by atoms with van der Waals surface area (Å²) in [6, 6.07) is 2.79. The van der Waals surface area contributed by atoms with Crippen LogP contribution in [0.2, 0.25) is 4.34 Å². The zero-order chi connectivity index (χ0) is 14.6. The normalized spacial score (nSPS) is 18.1. The van der Waals surface area contributed by atoms with Crippen LogP contribution in [0.5, 0.6) is 0 Å². The summed E-state index contributed by atoms with van der Waals surface area (Å²) in [6.45, 7) is 5.62. The van der Waals surface area contributed by atoms with Crippen molar-refractivity contribution in [2.45, 2.75) is 64.8 Å². The van der Waals surface area contributed by atoms with Crippen LogP contribution in [0, 0.1) is 5.41 Å². The van der Waals surface area contributed by atoms with Gasteiger partial charge in [0.15, 0.2) is 0 Å². The highest BCUT2D eigenvalue weighted by atomic mass is 79.9. The Labute approximate surface area is 140 Å². The van der Waals surface area contributed by atoms with E-state index < -0.39 is 0 Å². The Morgan fingerprint density at radius 1 is 1.35 bits per heavy atom. The molecule has 0 bridgehead atoms. The average Bonchev–Trinajstić information content (AvgIpc) is 2.96. The Bertz CT molecular complexity index is 405. The molecule has 1 N–H and O–H groups in total. The van der Waals surface area contributed by atoms with Crippen LogP contribution in [0.3, 0.4) is 0 Å². The Balaban J connectivity index is 1.88. The molecule has 0 amide bonds. The monoisotopic (exact) mass is 377 g/mol. The third-order valence-electron chi connectivity index (χ3n) is 4.47. The lowest BCUT2D eigenvalue weighted by molar-refractivity contribution is 0.243. The van der Waals surface area contributed by atoms with Gasteiger partial charge in [-0.25, -0.2) is 0 Å². The molecule has 1 aromatic heterocycles. The molecule has 0 aromatic carbocycles. The summed E-state index contributed by atoms with van der Waals surface area (Å²) in [6.07, 6.45) is 9.46. The van der Waals surface area contributed by atoms with Gasteiger partial charge in [-0.1, -0.05) is 38.3 Å². The number of hydrogen-bond acceptors (Lipinski definition) is 2. The molecule has 0 saturated heterocycles. The van der Waals surface area contributed by atoms with Gasteiger partial charge in [0.25, 0.3) is 0 Å². The first-order valence-electron chi connectivity index (χ1n) is 7.68. The van der Waals surface area contributed by atoms with E-state index in [1.165, 1.54) is 49.8 Å². The molecule has 0 aliphatic heterocycles. The molecule has 0 radical (unpaired) electrons. The van der Waals surface area contributed by atoms with Crippen LogP contribution in [0.15, 0.2) is 10.5 Å². The maximum Gasteiger partial charge on any atom is 0.107 e. The smallest absolute Gasteiger partial charge is 0.107 e. The molecular weight excluding hydrogens is 354 g/mol. The highest BCUT2D eigenvalue weighted by molar-refractivity contribution is 9.10. The predicted octanol–water partition coefficient (Wildman–Crippen LogP) is 6.05. The van der Waals surface area contributed by atoms with E-state index in [1.807, 2.05) is 0 Å². The van der Waals surface area contributed by atoms with Gasteiger partial charge in [0.1, 0.15) is 4.34 Å². The van der Waals surface area contributed by atoms with Gasteiger partial charge < -0.3 is 5.32 Å². The van der Waals surface area contributed by atoms with Gasteiger partial charge in [0.05, 0.1) is 0 Å². The molecule has 4 heteroatoms. The minimum Gasteiger partial charge on any atom is -0.315 e. The van der Waals surface area contributed by atoms with E-state index >= 15 is 0 Å². The van der Waals surface area contributed by atoms with Crippen molar-refractivity contribution in [2.75, 3.05) is 6.54 Å². The fraction of sp³-hybridized carbons (Fsp3) is 0.750. The number of thiophene rings is 1. The molecule has 114 valence electrons. The number of rotatable bonds is 7. The maximum atomic E-state index is 6.14. The molecule has 1 aliphatic carbocycles. The standard InChI is InChI=1S/C16H25BrClNS/c1-12(2)19-10-9-16(6-3-4-7-16)8-5-13-11-14(17)15(18)20-13/h11-12,19H,3-10H2,1-2H3. The largest absolute Gasteiger partial charge is 0.315 e. The van der Waals surface area contributed by atoms with Gasteiger partial charge in [0.2, 0.25) is 0 Å². The van der Waals surface area contributed by atoms with Crippen molar-refractivity contribution in [3.05, 3.63) is 19.8 Å². The van der Waals surface area contributed by atoms with Crippen molar-refractivity contribution < 1.29 is 0 Å². The second-order valence-electron chi connectivity index (χ2n) is 6.40. The van der Waals surface area contributed by atoms with Crippen LogP contribution in [0.25, 0.3) is 0 Å². The molecule has 1 aliphatic rings. The Morgan fingerprint density at radius 3 is 2.60 bits per heavy atom. The van der Waals surface area contributed by atoms with Crippen molar-refractivity contribution in [3.63, 3.8) is 0 Å². The van der Waals surface area contributed by atoms with Crippen LogP contribution >= 0.6 is 38.9 Å². The van der Waals surface area contributed by atoms with Crippen LogP contribution in [0.4, 0.5) is 0 Å². The first-order valence-corrected chi connectivity index (χ1v) is 9.67. The summed E-state index contributed by atoms with van der Waals surface area (Å²) in [5, 5.41) is 3.58. The first kappa shape index (κ1) is 16.8. The van der Waals surface area contributed by atoms with Crippen LogP contribution < -0.4 is 5.32 Å². The summed E-state index contributed by atoms with van der Waals surface area (Å²) < 4.78 is 1.95. The lowest BCUT2D eigenvalue weighted by Gasteiger charge is -2.29. The predicted molar refractivity (Wildman–Crippen MR) is 94.0 cm³/mol. The summed E-state index contributed by atoms with van der Waals surface area (Å²) in [7, 11) is 0. The van der Waals surface area contributed by atoms with E-state index in [0.717, 1.165) is 15.4 Å². The Kier molecular flexibility index (Phi) is 6.40. The van der Waals surface area contributed by atoms with Crippen LogP contribution in [-0.2, 0) is 6.42 Å². The quantitative estimate of drug-likeness (QED) is 0.609. The van der Waals surface area contributed by atoms with E-state index in [9.17, 15) is 0 Å². The van der Waals surface area contributed by atoms with Crippen LogP contribution in [-0.4, -0.2) is 12.6 Å². The molecule has 1 aromatic rings. The zero-order valence-corrected chi connectivity index (χ0v) is 15.6. The average molecular weight is 379 g/mol. The number of halogens is 2. The fourth-order valence-electron chi connectivity index (χ4n) is 3.28. The van der Waals surface area contributed by atoms with Crippen LogP contribution in [0.1, 0.15) is 57.2 Å². The summed E-state index contributed by atoms with van der Waals surface area (Å²) in [5.41, 5.74) is 0.574. The lowest BCUT2D eigenvalue weighted by atomic mass is 9.78. The van der Waals surface area contributed by atoms with Crippen molar-refractivity contribution >= 4 is 38.9 Å².